The van der Waals surface area contributed by atoms with E-state index in [1.54, 1.807) is 0 Å². The zero-order chi connectivity index (χ0) is 13.2. The van der Waals surface area contributed by atoms with Crippen LogP contribution in [0.15, 0.2) is 47.7 Å². The molecule has 0 fully saturated rings. The van der Waals surface area contributed by atoms with E-state index in [2.05, 4.69) is 12.7 Å². The molecule has 0 aliphatic carbocycles. The average Bonchev–Trinajstić information content (AvgIpc) is 2.42. The summed E-state index contributed by atoms with van der Waals surface area (Å²) in [6, 6.07) is 9.88. The molecule has 0 aliphatic rings. The Labute approximate surface area is 109 Å². The maximum Gasteiger partial charge on any atom is 0.341 e. The first kappa shape index (κ1) is 14.3. The lowest BCUT2D eigenvalue weighted by atomic mass is 10.1. The topological polar surface area (TPSA) is 26.3 Å². The van der Waals surface area contributed by atoms with Crippen molar-refractivity contribution in [1.82, 2.24) is 0 Å². The molecule has 0 atom stereocenters. The largest absolute Gasteiger partial charge is 0.465 e. The molecule has 0 bridgehead atoms. The van der Waals surface area contributed by atoms with Crippen molar-refractivity contribution in [3.8, 4) is 0 Å². The molecule has 0 radical (unpaired) electrons. The summed E-state index contributed by atoms with van der Waals surface area (Å²) < 4.78 is 4.78. The summed E-state index contributed by atoms with van der Waals surface area (Å²) in [5.41, 5.74) is 4.75. The predicted molar refractivity (Wildman–Crippen MR) is 73.3 cm³/mol. The standard InChI is InChI=1S/C16H20O2/c1-3-4-5-9-12-15(16(17)18-2)13-14-10-7-6-8-11-14/h6-11H,3-5,13H2,1-2H3. The smallest absolute Gasteiger partial charge is 0.341 e. The van der Waals surface area contributed by atoms with Gasteiger partial charge in [0, 0.05) is 6.42 Å². The van der Waals surface area contributed by atoms with Crippen molar-refractivity contribution in [2.45, 2.75) is 32.6 Å². The number of esters is 1. The summed E-state index contributed by atoms with van der Waals surface area (Å²) in [5.74, 6) is -0.299. The van der Waals surface area contributed by atoms with Crippen LogP contribution in [0, 0.1) is 0 Å². The number of rotatable bonds is 6. The average molecular weight is 244 g/mol. The van der Waals surface area contributed by atoms with Crippen LogP contribution < -0.4 is 0 Å². The Kier molecular flexibility index (Phi) is 6.60. The molecule has 0 N–H and O–H groups in total. The Bertz CT molecular complexity index is 426. The summed E-state index contributed by atoms with van der Waals surface area (Å²) in [7, 11) is 1.40. The van der Waals surface area contributed by atoms with Gasteiger partial charge in [0.25, 0.3) is 0 Å². The lowest BCUT2D eigenvalue weighted by molar-refractivity contribution is -0.136. The quantitative estimate of drug-likeness (QED) is 0.330. The van der Waals surface area contributed by atoms with Crippen molar-refractivity contribution < 1.29 is 9.53 Å². The van der Waals surface area contributed by atoms with Crippen molar-refractivity contribution in [3.63, 3.8) is 0 Å². The molecular formula is C16H20O2. The van der Waals surface area contributed by atoms with Gasteiger partial charge in [-0.25, -0.2) is 4.79 Å². The van der Waals surface area contributed by atoms with Crippen LogP contribution in [0.25, 0.3) is 0 Å². The van der Waals surface area contributed by atoms with Gasteiger partial charge < -0.3 is 4.74 Å². The van der Waals surface area contributed by atoms with E-state index in [9.17, 15) is 4.79 Å². The van der Waals surface area contributed by atoms with E-state index >= 15 is 0 Å². The van der Waals surface area contributed by atoms with E-state index in [-0.39, 0.29) is 5.97 Å². The number of unbranched alkanes of at least 4 members (excludes halogenated alkanes) is 2. The minimum absolute atomic E-state index is 0.299. The fraction of sp³-hybridized carbons (Fsp3) is 0.375. The van der Waals surface area contributed by atoms with E-state index in [1.807, 2.05) is 36.4 Å². The summed E-state index contributed by atoms with van der Waals surface area (Å²) in [5, 5.41) is 0. The summed E-state index contributed by atoms with van der Waals surface area (Å²) in [6.07, 6.45) is 5.71. The summed E-state index contributed by atoms with van der Waals surface area (Å²) >= 11 is 0. The number of hydrogen-bond donors (Lipinski definition) is 0. The number of carbonyl (C=O) groups excluding carboxylic acids is 1. The third-order valence-electron chi connectivity index (χ3n) is 2.63. The number of hydrogen-bond acceptors (Lipinski definition) is 2. The normalized spacial score (nSPS) is 9.44. The molecule has 0 spiro atoms. The van der Waals surface area contributed by atoms with Crippen LogP contribution in [-0.2, 0) is 16.0 Å². The molecule has 1 aromatic carbocycles. The van der Waals surface area contributed by atoms with E-state index in [0.29, 0.717) is 12.0 Å². The Morgan fingerprint density at radius 1 is 1.33 bits per heavy atom. The molecule has 0 amide bonds. The van der Waals surface area contributed by atoms with Gasteiger partial charge in [0.05, 0.1) is 12.7 Å². The zero-order valence-electron chi connectivity index (χ0n) is 11.1. The van der Waals surface area contributed by atoms with Crippen molar-refractivity contribution in [2.24, 2.45) is 0 Å². The highest BCUT2D eigenvalue weighted by atomic mass is 16.5. The summed E-state index contributed by atoms with van der Waals surface area (Å²) in [6.45, 7) is 2.14. The fourth-order valence-electron chi connectivity index (χ4n) is 1.61. The van der Waals surface area contributed by atoms with Crippen LogP contribution >= 0.6 is 0 Å². The van der Waals surface area contributed by atoms with Gasteiger partial charge in [-0.3, -0.25) is 0 Å². The van der Waals surface area contributed by atoms with Crippen molar-refractivity contribution in [2.75, 3.05) is 7.11 Å². The molecule has 0 aromatic heterocycles. The van der Waals surface area contributed by atoms with Crippen molar-refractivity contribution in [3.05, 3.63) is 53.3 Å². The number of methoxy groups -OCH3 is 1. The van der Waals surface area contributed by atoms with E-state index in [4.69, 9.17) is 4.74 Å². The van der Waals surface area contributed by atoms with Gasteiger partial charge in [0.2, 0.25) is 0 Å². The SMILES string of the molecule is CCCCC=C=C(Cc1ccccc1)C(=O)OC. The Balaban J connectivity index is 2.79. The van der Waals surface area contributed by atoms with Gasteiger partial charge in [0.1, 0.15) is 0 Å². The van der Waals surface area contributed by atoms with E-state index in [1.165, 1.54) is 7.11 Å². The van der Waals surface area contributed by atoms with Crippen molar-refractivity contribution >= 4 is 5.97 Å². The van der Waals surface area contributed by atoms with Gasteiger partial charge in [-0.1, -0.05) is 43.7 Å². The molecule has 2 heteroatoms. The number of carbonyl (C=O) groups is 1. The predicted octanol–water partition coefficient (Wildman–Crippen LogP) is 3.67. The molecule has 2 nitrogen and oxygen atoms in total. The molecule has 0 saturated carbocycles. The van der Waals surface area contributed by atoms with Gasteiger partial charge in [-0.15, -0.1) is 5.73 Å². The first-order valence-electron chi connectivity index (χ1n) is 6.34. The molecular weight excluding hydrogens is 224 g/mol. The first-order valence-corrected chi connectivity index (χ1v) is 6.34. The van der Waals surface area contributed by atoms with Gasteiger partial charge in [0.15, 0.2) is 0 Å². The lowest BCUT2D eigenvalue weighted by Crippen LogP contribution is -2.06. The second-order valence-electron chi connectivity index (χ2n) is 4.12. The third kappa shape index (κ3) is 5.03. The zero-order valence-corrected chi connectivity index (χ0v) is 11.1. The Morgan fingerprint density at radius 2 is 2.06 bits per heavy atom. The molecule has 1 aromatic rings. The highest BCUT2D eigenvalue weighted by Crippen LogP contribution is 2.08. The van der Waals surface area contributed by atoms with E-state index < -0.39 is 0 Å². The Morgan fingerprint density at radius 3 is 2.67 bits per heavy atom. The third-order valence-corrected chi connectivity index (χ3v) is 2.63. The first-order chi connectivity index (χ1) is 8.77. The monoisotopic (exact) mass is 244 g/mol. The molecule has 96 valence electrons. The van der Waals surface area contributed by atoms with Gasteiger partial charge >= 0.3 is 5.97 Å². The number of ether oxygens (including phenoxy) is 1. The van der Waals surface area contributed by atoms with Crippen LogP contribution in [0.1, 0.15) is 31.7 Å². The van der Waals surface area contributed by atoms with Gasteiger partial charge in [-0.05, 0) is 24.5 Å². The fourth-order valence-corrected chi connectivity index (χ4v) is 1.61. The highest BCUT2D eigenvalue weighted by Gasteiger charge is 2.09. The van der Waals surface area contributed by atoms with Crippen LogP contribution in [0.5, 0.6) is 0 Å². The number of benzene rings is 1. The maximum atomic E-state index is 11.6. The molecule has 0 aliphatic heterocycles. The molecule has 0 heterocycles. The Hall–Kier alpha value is -1.79. The minimum Gasteiger partial charge on any atom is -0.465 e. The lowest BCUT2D eigenvalue weighted by Gasteiger charge is -2.02. The van der Waals surface area contributed by atoms with E-state index in [0.717, 1.165) is 24.8 Å². The maximum absolute atomic E-state index is 11.6. The van der Waals surface area contributed by atoms with Crippen LogP contribution in [0.4, 0.5) is 0 Å². The van der Waals surface area contributed by atoms with Gasteiger partial charge in [-0.2, -0.15) is 0 Å². The van der Waals surface area contributed by atoms with Crippen LogP contribution in [0.3, 0.4) is 0 Å². The van der Waals surface area contributed by atoms with Crippen molar-refractivity contribution in [1.29, 1.82) is 0 Å². The molecule has 0 unspecified atom stereocenters. The van der Waals surface area contributed by atoms with Crippen LogP contribution in [0.2, 0.25) is 0 Å². The molecule has 1 rings (SSSR count). The minimum atomic E-state index is -0.299. The second-order valence-corrected chi connectivity index (χ2v) is 4.12. The molecule has 0 saturated heterocycles. The summed E-state index contributed by atoms with van der Waals surface area (Å²) in [4.78, 5) is 11.6. The second kappa shape index (κ2) is 8.32. The highest BCUT2D eigenvalue weighted by molar-refractivity contribution is 5.88. The van der Waals surface area contributed by atoms with Crippen LogP contribution in [-0.4, -0.2) is 13.1 Å². The molecule has 18 heavy (non-hydrogen) atoms.